The Labute approximate surface area is 98.8 Å². The summed E-state index contributed by atoms with van der Waals surface area (Å²) in [5, 5.41) is 0. The normalized spacial score (nSPS) is 12.5. The minimum atomic E-state index is 0.156. The van der Waals surface area contributed by atoms with Crippen molar-refractivity contribution < 1.29 is 4.74 Å². The van der Waals surface area contributed by atoms with Crippen LogP contribution in [0.15, 0.2) is 18.2 Å². The third-order valence-corrected chi connectivity index (χ3v) is 2.69. The molecule has 0 saturated heterocycles. The minimum Gasteiger partial charge on any atom is -0.493 e. The number of ether oxygens (including phenoxy) is 1. The molecule has 2 heteroatoms. The molecule has 0 aliphatic heterocycles. The molecule has 0 amide bonds. The Morgan fingerprint density at radius 3 is 2.56 bits per heavy atom. The molecule has 0 aromatic heterocycles. The van der Waals surface area contributed by atoms with Gasteiger partial charge < -0.3 is 10.5 Å². The van der Waals surface area contributed by atoms with Crippen LogP contribution in [0.4, 0.5) is 0 Å². The first-order valence-corrected chi connectivity index (χ1v) is 6.18. The standard InChI is InChI=1S/C14H23NO/c1-4-6-13(15)12-7-8-14(11(3)10-12)16-9-5-2/h7-8,10,13H,4-6,9,15H2,1-3H3/t13-/m1/s1. The summed E-state index contributed by atoms with van der Waals surface area (Å²) in [7, 11) is 0. The quantitative estimate of drug-likeness (QED) is 0.796. The van der Waals surface area contributed by atoms with E-state index in [9.17, 15) is 0 Å². The third-order valence-electron chi connectivity index (χ3n) is 2.69. The Hall–Kier alpha value is -1.02. The van der Waals surface area contributed by atoms with E-state index in [1.807, 2.05) is 6.07 Å². The SMILES string of the molecule is CCCOc1ccc([C@H](N)CCC)cc1C. The second-order valence-electron chi connectivity index (χ2n) is 4.27. The molecule has 0 aliphatic carbocycles. The van der Waals surface area contributed by atoms with Crippen LogP contribution in [0, 0.1) is 6.92 Å². The first kappa shape index (κ1) is 13.0. The van der Waals surface area contributed by atoms with E-state index in [0.29, 0.717) is 0 Å². The van der Waals surface area contributed by atoms with Crippen molar-refractivity contribution in [2.24, 2.45) is 5.73 Å². The van der Waals surface area contributed by atoms with E-state index in [1.54, 1.807) is 0 Å². The van der Waals surface area contributed by atoms with Gasteiger partial charge >= 0.3 is 0 Å². The van der Waals surface area contributed by atoms with Crippen LogP contribution >= 0.6 is 0 Å². The Balaban J connectivity index is 2.73. The summed E-state index contributed by atoms with van der Waals surface area (Å²) in [5.41, 5.74) is 8.47. The average molecular weight is 221 g/mol. The summed E-state index contributed by atoms with van der Waals surface area (Å²) in [6, 6.07) is 6.42. The van der Waals surface area contributed by atoms with Crippen LogP contribution in [0.2, 0.25) is 0 Å². The van der Waals surface area contributed by atoms with Crippen molar-refractivity contribution in [1.29, 1.82) is 0 Å². The lowest BCUT2D eigenvalue weighted by atomic mass is 10.0. The Morgan fingerprint density at radius 2 is 2.00 bits per heavy atom. The summed E-state index contributed by atoms with van der Waals surface area (Å²) >= 11 is 0. The van der Waals surface area contributed by atoms with E-state index in [0.717, 1.165) is 31.6 Å². The van der Waals surface area contributed by atoms with Crippen LogP contribution in [-0.2, 0) is 0 Å². The van der Waals surface area contributed by atoms with E-state index >= 15 is 0 Å². The van der Waals surface area contributed by atoms with Crippen LogP contribution < -0.4 is 10.5 Å². The van der Waals surface area contributed by atoms with Gasteiger partial charge in [0.15, 0.2) is 0 Å². The van der Waals surface area contributed by atoms with Crippen molar-refractivity contribution in [3.05, 3.63) is 29.3 Å². The van der Waals surface area contributed by atoms with Gasteiger partial charge in [0.25, 0.3) is 0 Å². The first-order valence-electron chi connectivity index (χ1n) is 6.18. The molecule has 0 heterocycles. The zero-order valence-electron chi connectivity index (χ0n) is 10.6. The smallest absolute Gasteiger partial charge is 0.122 e. The molecular formula is C14H23NO. The largest absolute Gasteiger partial charge is 0.493 e. The number of hydrogen-bond acceptors (Lipinski definition) is 2. The van der Waals surface area contributed by atoms with Crippen LogP contribution in [0.1, 0.15) is 50.3 Å². The molecule has 0 spiro atoms. The van der Waals surface area contributed by atoms with Gasteiger partial charge in [-0.05, 0) is 37.0 Å². The zero-order valence-corrected chi connectivity index (χ0v) is 10.6. The second kappa shape index (κ2) is 6.54. The number of benzene rings is 1. The number of aryl methyl sites for hydroxylation is 1. The maximum atomic E-state index is 6.08. The minimum absolute atomic E-state index is 0.156. The van der Waals surface area contributed by atoms with Gasteiger partial charge in [0.1, 0.15) is 5.75 Å². The van der Waals surface area contributed by atoms with Gasteiger partial charge in [-0.1, -0.05) is 32.4 Å². The van der Waals surface area contributed by atoms with Gasteiger partial charge in [-0.15, -0.1) is 0 Å². The van der Waals surface area contributed by atoms with Crippen molar-refractivity contribution in [1.82, 2.24) is 0 Å². The zero-order chi connectivity index (χ0) is 12.0. The van der Waals surface area contributed by atoms with Crippen molar-refractivity contribution in [2.75, 3.05) is 6.61 Å². The number of hydrogen-bond donors (Lipinski definition) is 1. The van der Waals surface area contributed by atoms with Crippen LogP contribution in [-0.4, -0.2) is 6.61 Å². The van der Waals surface area contributed by atoms with E-state index in [-0.39, 0.29) is 6.04 Å². The highest BCUT2D eigenvalue weighted by Gasteiger charge is 2.07. The summed E-state index contributed by atoms with van der Waals surface area (Å²) in [5.74, 6) is 0.981. The topological polar surface area (TPSA) is 35.2 Å². The van der Waals surface area contributed by atoms with Gasteiger partial charge in [-0.3, -0.25) is 0 Å². The molecule has 0 fully saturated rings. The van der Waals surface area contributed by atoms with Crippen LogP contribution in [0.25, 0.3) is 0 Å². The maximum Gasteiger partial charge on any atom is 0.122 e. The van der Waals surface area contributed by atoms with E-state index < -0.39 is 0 Å². The van der Waals surface area contributed by atoms with Crippen molar-refractivity contribution in [3.63, 3.8) is 0 Å². The average Bonchev–Trinajstić information content (AvgIpc) is 2.27. The van der Waals surface area contributed by atoms with Crippen LogP contribution in [0.3, 0.4) is 0 Å². The molecule has 16 heavy (non-hydrogen) atoms. The molecular weight excluding hydrogens is 198 g/mol. The maximum absolute atomic E-state index is 6.08. The Bertz CT molecular complexity index is 323. The molecule has 0 aliphatic rings. The fourth-order valence-electron chi connectivity index (χ4n) is 1.75. The molecule has 90 valence electrons. The molecule has 1 rings (SSSR count). The third kappa shape index (κ3) is 3.53. The van der Waals surface area contributed by atoms with Gasteiger partial charge in [0.05, 0.1) is 6.61 Å². The van der Waals surface area contributed by atoms with E-state index in [2.05, 4.69) is 32.9 Å². The lowest BCUT2D eigenvalue weighted by Crippen LogP contribution is -2.10. The van der Waals surface area contributed by atoms with Gasteiger partial charge in [0, 0.05) is 6.04 Å². The summed E-state index contributed by atoms with van der Waals surface area (Å²) < 4.78 is 5.64. The van der Waals surface area contributed by atoms with Gasteiger partial charge in [0.2, 0.25) is 0 Å². The highest BCUT2D eigenvalue weighted by Crippen LogP contribution is 2.23. The van der Waals surface area contributed by atoms with Gasteiger partial charge in [-0.2, -0.15) is 0 Å². The van der Waals surface area contributed by atoms with Crippen LogP contribution in [0.5, 0.6) is 5.75 Å². The highest BCUT2D eigenvalue weighted by atomic mass is 16.5. The second-order valence-corrected chi connectivity index (χ2v) is 4.27. The molecule has 0 radical (unpaired) electrons. The van der Waals surface area contributed by atoms with Crippen molar-refractivity contribution >= 4 is 0 Å². The lowest BCUT2D eigenvalue weighted by molar-refractivity contribution is 0.315. The van der Waals surface area contributed by atoms with E-state index in [1.165, 1.54) is 11.1 Å². The van der Waals surface area contributed by atoms with Crippen molar-refractivity contribution in [2.45, 2.75) is 46.1 Å². The summed E-state index contributed by atoms with van der Waals surface area (Å²) in [4.78, 5) is 0. The molecule has 2 N–H and O–H groups in total. The predicted molar refractivity (Wildman–Crippen MR) is 68.8 cm³/mol. The number of rotatable bonds is 6. The number of nitrogens with two attached hydrogens (primary N) is 1. The summed E-state index contributed by atoms with van der Waals surface area (Å²) in [6.07, 6.45) is 3.19. The molecule has 0 saturated carbocycles. The van der Waals surface area contributed by atoms with E-state index in [4.69, 9.17) is 10.5 Å². The lowest BCUT2D eigenvalue weighted by Gasteiger charge is -2.14. The highest BCUT2D eigenvalue weighted by molar-refractivity contribution is 5.37. The molecule has 1 aromatic rings. The molecule has 0 bridgehead atoms. The first-order chi connectivity index (χ1) is 7.69. The molecule has 2 nitrogen and oxygen atoms in total. The molecule has 0 unspecified atom stereocenters. The summed E-state index contributed by atoms with van der Waals surface area (Å²) in [6.45, 7) is 7.13. The monoisotopic (exact) mass is 221 g/mol. The Morgan fingerprint density at radius 1 is 1.25 bits per heavy atom. The fraction of sp³-hybridized carbons (Fsp3) is 0.571. The van der Waals surface area contributed by atoms with Gasteiger partial charge in [-0.25, -0.2) is 0 Å². The van der Waals surface area contributed by atoms with Crippen molar-refractivity contribution in [3.8, 4) is 5.75 Å². The predicted octanol–water partition coefficient (Wildman–Crippen LogP) is 3.58. The fourth-order valence-corrected chi connectivity index (χ4v) is 1.75. The molecule has 1 atom stereocenters. The Kier molecular flexibility index (Phi) is 5.33. The molecule has 1 aromatic carbocycles.